The predicted octanol–water partition coefficient (Wildman–Crippen LogP) is 5.39. The van der Waals surface area contributed by atoms with Gasteiger partial charge < -0.3 is 14.3 Å². The number of phenolic OH excluding ortho intramolecular Hbond substituents is 1. The van der Waals surface area contributed by atoms with Crippen molar-refractivity contribution in [1.29, 1.82) is 0 Å². The lowest BCUT2D eigenvalue weighted by molar-refractivity contribution is 0.0810. The van der Waals surface area contributed by atoms with Crippen LogP contribution in [0.25, 0.3) is 22.1 Å². The second kappa shape index (κ2) is 4.79. The number of aromatic hydroxyl groups is 1. The molecule has 0 bridgehead atoms. The fourth-order valence-electron chi connectivity index (χ4n) is 3.42. The zero-order valence-electron chi connectivity index (χ0n) is 13.6. The quantitative estimate of drug-likeness (QED) is 0.690. The molecule has 1 aliphatic heterocycles. The van der Waals surface area contributed by atoms with Crippen LogP contribution in [0.1, 0.15) is 38.5 Å². The molecule has 118 valence electrons. The van der Waals surface area contributed by atoms with Crippen LogP contribution >= 0.6 is 0 Å². The van der Waals surface area contributed by atoms with Crippen molar-refractivity contribution in [2.75, 3.05) is 0 Å². The molecule has 0 amide bonds. The van der Waals surface area contributed by atoms with E-state index in [1.54, 1.807) is 6.07 Å². The number of fused-ring (bicyclic) bond motifs is 5. The number of para-hydroxylation sites is 1. The standard InChI is InChI=1S/C20H20O3/c1-4-7-12-10-14-17(11-15(12)21)23-20(2,3)19-18(14)13-8-5-6-9-16(13)22-19/h5-6,8-11,21H,4,7H2,1-3H3. The van der Waals surface area contributed by atoms with Crippen LogP contribution in [0.3, 0.4) is 0 Å². The molecule has 1 aromatic heterocycles. The lowest BCUT2D eigenvalue weighted by Crippen LogP contribution is -2.28. The first-order valence-corrected chi connectivity index (χ1v) is 8.08. The highest BCUT2D eigenvalue weighted by molar-refractivity contribution is 5.98. The molecule has 3 nitrogen and oxygen atoms in total. The second-order valence-corrected chi connectivity index (χ2v) is 6.64. The van der Waals surface area contributed by atoms with Crippen molar-refractivity contribution in [2.24, 2.45) is 0 Å². The summed E-state index contributed by atoms with van der Waals surface area (Å²) in [5, 5.41) is 11.4. The summed E-state index contributed by atoms with van der Waals surface area (Å²) < 4.78 is 12.2. The number of phenols is 1. The molecular weight excluding hydrogens is 288 g/mol. The van der Waals surface area contributed by atoms with Crippen molar-refractivity contribution in [1.82, 2.24) is 0 Å². The van der Waals surface area contributed by atoms with Gasteiger partial charge in [-0.3, -0.25) is 0 Å². The van der Waals surface area contributed by atoms with Gasteiger partial charge >= 0.3 is 0 Å². The van der Waals surface area contributed by atoms with Gasteiger partial charge in [0.2, 0.25) is 0 Å². The number of furan rings is 1. The first-order chi connectivity index (χ1) is 11.0. The van der Waals surface area contributed by atoms with E-state index in [1.807, 2.05) is 38.1 Å². The number of benzene rings is 2. The van der Waals surface area contributed by atoms with Crippen molar-refractivity contribution in [3.8, 4) is 22.6 Å². The monoisotopic (exact) mass is 308 g/mol. The Labute approximate surface area is 135 Å². The lowest BCUT2D eigenvalue weighted by atomic mass is 9.89. The summed E-state index contributed by atoms with van der Waals surface area (Å²) in [7, 11) is 0. The summed E-state index contributed by atoms with van der Waals surface area (Å²) in [4.78, 5) is 0. The molecule has 3 heteroatoms. The minimum atomic E-state index is -0.569. The van der Waals surface area contributed by atoms with Crippen LogP contribution < -0.4 is 4.74 Å². The Kier molecular flexibility index (Phi) is 2.95. The molecular formula is C20H20O3. The molecule has 4 rings (SSSR count). The maximum absolute atomic E-state index is 10.3. The van der Waals surface area contributed by atoms with Crippen LogP contribution in [0.5, 0.6) is 11.5 Å². The average molecular weight is 308 g/mol. The zero-order chi connectivity index (χ0) is 16.2. The van der Waals surface area contributed by atoms with E-state index < -0.39 is 5.60 Å². The van der Waals surface area contributed by atoms with Gasteiger partial charge in [0.15, 0.2) is 11.4 Å². The minimum absolute atomic E-state index is 0.303. The van der Waals surface area contributed by atoms with Crippen LogP contribution in [0.4, 0.5) is 0 Å². The molecule has 1 N–H and O–H groups in total. The Bertz CT molecular complexity index is 903. The van der Waals surface area contributed by atoms with E-state index in [9.17, 15) is 5.11 Å². The van der Waals surface area contributed by atoms with E-state index in [0.717, 1.165) is 46.3 Å². The third-order valence-corrected chi connectivity index (χ3v) is 4.48. The van der Waals surface area contributed by atoms with Gasteiger partial charge in [0.25, 0.3) is 0 Å². The largest absolute Gasteiger partial charge is 0.508 e. The van der Waals surface area contributed by atoms with Crippen molar-refractivity contribution < 1.29 is 14.3 Å². The fourth-order valence-corrected chi connectivity index (χ4v) is 3.42. The third-order valence-electron chi connectivity index (χ3n) is 4.48. The molecule has 23 heavy (non-hydrogen) atoms. The molecule has 0 radical (unpaired) electrons. The number of hydrogen-bond donors (Lipinski definition) is 1. The molecule has 3 aromatic rings. The van der Waals surface area contributed by atoms with Crippen molar-refractivity contribution >= 4 is 11.0 Å². The number of hydrogen-bond acceptors (Lipinski definition) is 3. The first kappa shape index (κ1) is 14.2. The molecule has 2 heterocycles. The van der Waals surface area contributed by atoms with Gasteiger partial charge in [0, 0.05) is 22.6 Å². The van der Waals surface area contributed by atoms with Gasteiger partial charge in [-0.2, -0.15) is 0 Å². The average Bonchev–Trinajstić information content (AvgIpc) is 2.90. The normalized spacial score (nSPS) is 15.1. The summed E-state index contributed by atoms with van der Waals surface area (Å²) in [6, 6.07) is 11.8. The summed E-state index contributed by atoms with van der Waals surface area (Å²) in [6.45, 7) is 6.10. The van der Waals surface area contributed by atoms with E-state index in [2.05, 4.69) is 13.0 Å². The Morgan fingerprint density at radius 1 is 1.13 bits per heavy atom. The van der Waals surface area contributed by atoms with Crippen LogP contribution in [0.15, 0.2) is 40.8 Å². The Morgan fingerprint density at radius 3 is 2.70 bits per heavy atom. The van der Waals surface area contributed by atoms with Gasteiger partial charge in [0.1, 0.15) is 17.1 Å². The zero-order valence-corrected chi connectivity index (χ0v) is 13.6. The molecule has 1 aliphatic rings. The second-order valence-electron chi connectivity index (χ2n) is 6.64. The molecule has 0 fully saturated rings. The smallest absolute Gasteiger partial charge is 0.161 e. The molecule has 0 aliphatic carbocycles. The Hall–Kier alpha value is -2.42. The van der Waals surface area contributed by atoms with E-state index >= 15 is 0 Å². The summed E-state index contributed by atoms with van der Waals surface area (Å²) in [6.07, 6.45) is 1.82. The SMILES string of the molecule is CCCc1cc2c(cc1O)OC(C)(C)c1oc3ccccc3c1-2. The van der Waals surface area contributed by atoms with Gasteiger partial charge in [-0.15, -0.1) is 0 Å². The lowest BCUT2D eigenvalue weighted by Gasteiger charge is -2.31. The van der Waals surface area contributed by atoms with Crippen molar-refractivity contribution in [3.05, 3.63) is 47.7 Å². The van der Waals surface area contributed by atoms with Crippen LogP contribution in [-0.2, 0) is 12.0 Å². The number of ether oxygens (including phenoxy) is 1. The highest BCUT2D eigenvalue weighted by atomic mass is 16.5. The van der Waals surface area contributed by atoms with Gasteiger partial charge in [-0.1, -0.05) is 31.5 Å². The highest BCUT2D eigenvalue weighted by Gasteiger charge is 2.38. The van der Waals surface area contributed by atoms with Gasteiger partial charge in [-0.05, 0) is 38.0 Å². The highest BCUT2D eigenvalue weighted by Crippen LogP contribution is 2.51. The minimum Gasteiger partial charge on any atom is -0.508 e. The number of aryl methyl sites for hydroxylation is 1. The molecule has 0 saturated carbocycles. The first-order valence-electron chi connectivity index (χ1n) is 8.08. The van der Waals surface area contributed by atoms with Gasteiger partial charge in [0.05, 0.1) is 0 Å². The molecule has 2 aromatic carbocycles. The van der Waals surface area contributed by atoms with E-state index in [0.29, 0.717) is 11.5 Å². The maximum Gasteiger partial charge on any atom is 0.161 e. The van der Waals surface area contributed by atoms with E-state index in [4.69, 9.17) is 9.15 Å². The molecule has 0 atom stereocenters. The Morgan fingerprint density at radius 2 is 1.91 bits per heavy atom. The third kappa shape index (κ3) is 2.03. The predicted molar refractivity (Wildman–Crippen MR) is 91.0 cm³/mol. The fraction of sp³-hybridized carbons (Fsp3) is 0.300. The number of rotatable bonds is 2. The Balaban J connectivity index is 2.06. The molecule has 0 saturated heterocycles. The van der Waals surface area contributed by atoms with Crippen molar-refractivity contribution in [3.63, 3.8) is 0 Å². The topological polar surface area (TPSA) is 42.6 Å². The van der Waals surface area contributed by atoms with E-state index in [1.165, 1.54) is 0 Å². The summed E-state index contributed by atoms with van der Waals surface area (Å²) in [5.74, 6) is 1.86. The van der Waals surface area contributed by atoms with Crippen molar-refractivity contribution in [2.45, 2.75) is 39.2 Å². The van der Waals surface area contributed by atoms with Crippen LogP contribution in [-0.4, -0.2) is 5.11 Å². The van der Waals surface area contributed by atoms with E-state index in [-0.39, 0.29) is 0 Å². The van der Waals surface area contributed by atoms with Crippen LogP contribution in [0, 0.1) is 0 Å². The molecule has 0 spiro atoms. The maximum atomic E-state index is 10.3. The van der Waals surface area contributed by atoms with Crippen LogP contribution in [0.2, 0.25) is 0 Å². The van der Waals surface area contributed by atoms with Gasteiger partial charge in [-0.25, -0.2) is 0 Å². The summed E-state index contributed by atoms with van der Waals surface area (Å²) in [5.41, 5.74) is 3.34. The molecule has 0 unspecified atom stereocenters. The summed E-state index contributed by atoms with van der Waals surface area (Å²) >= 11 is 0.